The van der Waals surface area contributed by atoms with E-state index in [9.17, 15) is 14.9 Å². The number of carbonyl (C=O) groups excluding carboxylic acids is 2. The van der Waals surface area contributed by atoms with E-state index in [0.717, 1.165) is 16.7 Å². The SMILES string of the molecule is C=CCOC(=O)C1=C(C)NC(SCC(=O)Nc2cc(Cl)ccc2C)=C(C#N)[C@@H]1c1ccc(C)cc1. The minimum absolute atomic E-state index is 0.0591. The van der Waals surface area contributed by atoms with E-state index in [4.69, 9.17) is 16.3 Å². The molecule has 0 radical (unpaired) electrons. The lowest BCUT2D eigenvalue weighted by atomic mass is 9.82. The van der Waals surface area contributed by atoms with E-state index in [-0.39, 0.29) is 18.3 Å². The molecule has 2 aromatic rings. The van der Waals surface area contributed by atoms with Crippen molar-refractivity contribution in [2.75, 3.05) is 17.7 Å². The van der Waals surface area contributed by atoms with Crippen molar-refractivity contribution in [1.82, 2.24) is 5.32 Å². The molecule has 6 nitrogen and oxygen atoms in total. The Kier molecular flexibility index (Phi) is 8.80. The Labute approximate surface area is 214 Å². The van der Waals surface area contributed by atoms with Gasteiger partial charge in [-0.05, 0) is 44.0 Å². The predicted molar refractivity (Wildman–Crippen MR) is 141 cm³/mol. The van der Waals surface area contributed by atoms with Crippen molar-refractivity contribution >= 4 is 40.9 Å². The Balaban J connectivity index is 1.90. The van der Waals surface area contributed by atoms with Gasteiger partial charge in [0, 0.05) is 16.4 Å². The van der Waals surface area contributed by atoms with E-state index in [1.165, 1.54) is 17.8 Å². The highest BCUT2D eigenvalue weighted by atomic mass is 35.5. The van der Waals surface area contributed by atoms with Gasteiger partial charge in [0.1, 0.15) is 6.61 Å². The number of thioether (sulfide) groups is 1. The molecule has 0 saturated heterocycles. The molecule has 0 bridgehead atoms. The molecule has 8 heteroatoms. The molecule has 1 aliphatic rings. The van der Waals surface area contributed by atoms with Crippen molar-refractivity contribution in [2.45, 2.75) is 26.7 Å². The number of nitriles is 1. The van der Waals surface area contributed by atoms with Crippen LogP contribution in [0, 0.1) is 25.2 Å². The maximum Gasteiger partial charge on any atom is 0.337 e. The van der Waals surface area contributed by atoms with Crippen molar-refractivity contribution in [3.8, 4) is 6.07 Å². The van der Waals surface area contributed by atoms with Gasteiger partial charge in [0.25, 0.3) is 0 Å². The number of esters is 1. The van der Waals surface area contributed by atoms with Crippen molar-refractivity contribution in [3.63, 3.8) is 0 Å². The molecule has 3 rings (SSSR count). The summed E-state index contributed by atoms with van der Waals surface area (Å²) in [5.74, 6) is -1.33. The first kappa shape index (κ1) is 26.1. The molecule has 2 aromatic carbocycles. The summed E-state index contributed by atoms with van der Waals surface area (Å²) in [6, 6.07) is 15.2. The van der Waals surface area contributed by atoms with E-state index >= 15 is 0 Å². The number of hydrogen-bond acceptors (Lipinski definition) is 6. The third-order valence-corrected chi connectivity index (χ3v) is 6.68. The quantitative estimate of drug-likeness (QED) is 0.349. The van der Waals surface area contributed by atoms with Crippen LogP contribution in [0.15, 0.2) is 77.0 Å². The first-order chi connectivity index (χ1) is 16.7. The number of hydrogen-bond donors (Lipinski definition) is 2. The second-order valence-electron chi connectivity index (χ2n) is 8.05. The molecule has 1 aliphatic heterocycles. The summed E-state index contributed by atoms with van der Waals surface area (Å²) in [7, 11) is 0. The van der Waals surface area contributed by atoms with Crippen LogP contribution in [-0.2, 0) is 14.3 Å². The highest BCUT2D eigenvalue weighted by molar-refractivity contribution is 8.03. The van der Waals surface area contributed by atoms with Crippen LogP contribution in [0.3, 0.4) is 0 Å². The zero-order valence-electron chi connectivity index (χ0n) is 19.8. The Hall–Kier alpha value is -3.47. The zero-order chi connectivity index (χ0) is 25.5. The van der Waals surface area contributed by atoms with Crippen LogP contribution in [0.4, 0.5) is 5.69 Å². The van der Waals surface area contributed by atoms with Gasteiger partial charge in [-0.2, -0.15) is 5.26 Å². The van der Waals surface area contributed by atoms with Gasteiger partial charge >= 0.3 is 5.97 Å². The molecule has 1 atom stereocenters. The van der Waals surface area contributed by atoms with Crippen molar-refractivity contribution in [3.05, 3.63) is 98.7 Å². The molecular weight excluding hydrogens is 482 g/mol. The molecule has 0 fully saturated rings. The number of carbonyl (C=O) groups is 2. The second-order valence-corrected chi connectivity index (χ2v) is 9.47. The number of allylic oxidation sites excluding steroid dienone is 2. The Morgan fingerprint density at radius 3 is 2.60 bits per heavy atom. The summed E-state index contributed by atoms with van der Waals surface area (Å²) < 4.78 is 5.32. The van der Waals surface area contributed by atoms with E-state index in [0.29, 0.717) is 32.6 Å². The number of aryl methyl sites for hydroxylation is 2. The monoisotopic (exact) mass is 507 g/mol. The number of rotatable bonds is 8. The van der Waals surface area contributed by atoms with Crippen molar-refractivity contribution in [1.29, 1.82) is 5.26 Å². The fourth-order valence-corrected chi connectivity index (χ4v) is 4.72. The number of anilines is 1. The van der Waals surface area contributed by atoms with Gasteiger partial charge in [-0.1, -0.05) is 71.9 Å². The normalized spacial score (nSPS) is 15.2. The van der Waals surface area contributed by atoms with Crippen molar-refractivity contribution in [2.24, 2.45) is 0 Å². The second kappa shape index (κ2) is 11.8. The smallest absolute Gasteiger partial charge is 0.337 e. The maximum absolute atomic E-state index is 12.9. The van der Waals surface area contributed by atoms with Gasteiger partial charge < -0.3 is 15.4 Å². The minimum Gasteiger partial charge on any atom is -0.458 e. The average Bonchev–Trinajstić information content (AvgIpc) is 2.83. The van der Waals surface area contributed by atoms with E-state index in [2.05, 4.69) is 23.3 Å². The van der Waals surface area contributed by atoms with Crippen LogP contribution in [0.2, 0.25) is 5.02 Å². The van der Waals surface area contributed by atoms with Crippen LogP contribution in [0.1, 0.15) is 29.5 Å². The van der Waals surface area contributed by atoms with Crippen LogP contribution in [-0.4, -0.2) is 24.2 Å². The lowest BCUT2D eigenvalue weighted by Crippen LogP contribution is -2.29. The third-order valence-electron chi connectivity index (χ3n) is 5.43. The molecule has 1 heterocycles. The lowest BCUT2D eigenvalue weighted by molar-refractivity contribution is -0.138. The van der Waals surface area contributed by atoms with Crippen LogP contribution in [0.5, 0.6) is 0 Å². The number of nitrogens with one attached hydrogen (secondary N) is 2. The topological polar surface area (TPSA) is 91.2 Å². The molecule has 1 amide bonds. The first-order valence-corrected chi connectivity index (χ1v) is 12.3. The zero-order valence-corrected chi connectivity index (χ0v) is 21.3. The van der Waals surface area contributed by atoms with Gasteiger partial charge in [-0.15, -0.1) is 0 Å². The Morgan fingerprint density at radius 2 is 1.94 bits per heavy atom. The van der Waals surface area contributed by atoms with E-state index in [1.807, 2.05) is 44.2 Å². The highest BCUT2D eigenvalue weighted by Gasteiger charge is 2.35. The standard InChI is InChI=1S/C27H26ClN3O3S/c1-5-12-34-27(33)24-18(4)30-26(21(14-29)25(24)19-9-6-16(2)7-10-19)35-15-23(32)31-22-13-20(28)11-8-17(22)3/h5-11,13,25,30H,1,12,15H2,2-4H3,(H,31,32)/t25-/m0/s1. The molecule has 0 saturated carbocycles. The maximum atomic E-state index is 12.9. The highest BCUT2D eigenvalue weighted by Crippen LogP contribution is 2.41. The molecule has 35 heavy (non-hydrogen) atoms. The molecule has 2 N–H and O–H groups in total. The summed E-state index contributed by atoms with van der Waals surface area (Å²) >= 11 is 7.25. The fraction of sp³-hybridized carbons (Fsp3) is 0.222. The van der Waals surface area contributed by atoms with Gasteiger partial charge in [0.05, 0.1) is 33.9 Å². The van der Waals surface area contributed by atoms with Crippen LogP contribution in [0.25, 0.3) is 0 Å². The number of benzene rings is 2. The van der Waals surface area contributed by atoms with Gasteiger partial charge in [-0.3, -0.25) is 4.79 Å². The molecule has 180 valence electrons. The molecule has 0 unspecified atom stereocenters. The number of halogens is 1. The largest absolute Gasteiger partial charge is 0.458 e. The first-order valence-electron chi connectivity index (χ1n) is 10.9. The lowest BCUT2D eigenvalue weighted by Gasteiger charge is -2.29. The number of dihydropyridines is 1. The molecule has 0 aromatic heterocycles. The van der Waals surface area contributed by atoms with Gasteiger partial charge in [-0.25, -0.2) is 4.79 Å². The van der Waals surface area contributed by atoms with E-state index in [1.54, 1.807) is 19.1 Å². The van der Waals surface area contributed by atoms with E-state index < -0.39 is 11.9 Å². The minimum atomic E-state index is -0.625. The van der Waals surface area contributed by atoms with Crippen LogP contribution >= 0.6 is 23.4 Å². The third kappa shape index (κ3) is 6.36. The summed E-state index contributed by atoms with van der Waals surface area (Å²) in [4.78, 5) is 25.6. The summed E-state index contributed by atoms with van der Waals surface area (Å²) in [6.07, 6.45) is 1.49. The summed E-state index contributed by atoms with van der Waals surface area (Å²) in [6.45, 7) is 9.26. The Morgan fingerprint density at radius 1 is 1.23 bits per heavy atom. The number of ether oxygens (including phenoxy) is 1. The average molecular weight is 508 g/mol. The number of nitrogens with zero attached hydrogens (tertiary/aromatic N) is 1. The summed E-state index contributed by atoms with van der Waals surface area (Å²) in [5, 5.41) is 17.2. The fourth-order valence-electron chi connectivity index (χ4n) is 3.65. The van der Waals surface area contributed by atoms with Crippen LogP contribution < -0.4 is 10.6 Å². The van der Waals surface area contributed by atoms with Gasteiger partial charge in [0.2, 0.25) is 5.91 Å². The molecular formula is C27H26ClN3O3S. The Bertz CT molecular complexity index is 1260. The molecule has 0 aliphatic carbocycles. The van der Waals surface area contributed by atoms with Crippen molar-refractivity contribution < 1.29 is 14.3 Å². The molecule has 0 spiro atoms. The summed E-state index contributed by atoms with van der Waals surface area (Å²) in [5.41, 5.74) is 4.64. The predicted octanol–water partition coefficient (Wildman–Crippen LogP) is 5.75. The number of amides is 1. The van der Waals surface area contributed by atoms with Gasteiger partial charge in [0.15, 0.2) is 0 Å².